The van der Waals surface area contributed by atoms with E-state index in [1.165, 1.54) is 37.8 Å². The van der Waals surface area contributed by atoms with Crippen molar-refractivity contribution in [3.8, 4) is 0 Å². The number of hydrogen-bond donors (Lipinski definition) is 1. The number of nitrogens with two attached hydrogens (primary N) is 1. The number of hydrogen-bond acceptors (Lipinski definition) is 3. The maximum absolute atomic E-state index is 5.74. The van der Waals surface area contributed by atoms with Gasteiger partial charge in [0.25, 0.3) is 0 Å². The zero-order valence-electron chi connectivity index (χ0n) is 11.7. The molecule has 1 heterocycles. The van der Waals surface area contributed by atoms with E-state index in [1.807, 2.05) is 6.92 Å². The lowest BCUT2D eigenvalue weighted by Gasteiger charge is -2.30. The first-order valence-electron chi connectivity index (χ1n) is 7.10. The van der Waals surface area contributed by atoms with Crippen LogP contribution in [0.3, 0.4) is 0 Å². The predicted molar refractivity (Wildman–Crippen MR) is 74.3 cm³/mol. The highest BCUT2D eigenvalue weighted by molar-refractivity contribution is 5.14. The summed E-state index contributed by atoms with van der Waals surface area (Å²) < 4.78 is 5.34. The lowest BCUT2D eigenvalue weighted by atomic mass is 9.82. The van der Waals surface area contributed by atoms with Crippen molar-refractivity contribution in [1.29, 1.82) is 0 Å². The molecule has 1 aromatic rings. The Morgan fingerprint density at radius 3 is 2.50 bits per heavy atom. The minimum absolute atomic E-state index is 0.780. The van der Waals surface area contributed by atoms with Crippen molar-refractivity contribution in [3.05, 3.63) is 23.7 Å². The Kier molecular flexibility index (Phi) is 4.84. The lowest BCUT2D eigenvalue weighted by Crippen LogP contribution is -2.29. The van der Waals surface area contributed by atoms with E-state index >= 15 is 0 Å². The molecule has 1 aromatic heterocycles. The second-order valence-corrected chi connectivity index (χ2v) is 5.82. The van der Waals surface area contributed by atoms with Crippen LogP contribution in [0, 0.1) is 18.8 Å². The minimum Gasteiger partial charge on any atom is -0.469 e. The Bertz CT molecular complexity index is 353. The first-order valence-corrected chi connectivity index (χ1v) is 7.10. The van der Waals surface area contributed by atoms with Gasteiger partial charge in [-0.25, -0.2) is 0 Å². The van der Waals surface area contributed by atoms with E-state index in [0.29, 0.717) is 0 Å². The van der Waals surface area contributed by atoms with Crippen LogP contribution in [0.1, 0.15) is 37.0 Å². The largest absolute Gasteiger partial charge is 0.469 e. The summed E-state index contributed by atoms with van der Waals surface area (Å²) in [5.41, 5.74) is 7.05. The van der Waals surface area contributed by atoms with Crippen LogP contribution in [0.4, 0.5) is 0 Å². The fraction of sp³-hybridized carbons (Fsp3) is 0.733. The molecule has 0 saturated heterocycles. The average molecular weight is 250 g/mol. The summed E-state index contributed by atoms with van der Waals surface area (Å²) in [4.78, 5) is 2.42. The Balaban J connectivity index is 1.75. The zero-order valence-corrected chi connectivity index (χ0v) is 11.7. The van der Waals surface area contributed by atoms with E-state index < -0.39 is 0 Å². The highest BCUT2D eigenvalue weighted by Crippen LogP contribution is 2.28. The molecule has 2 N–H and O–H groups in total. The molecule has 0 bridgehead atoms. The van der Waals surface area contributed by atoms with E-state index in [9.17, 15) is 0 Å². The normalized spacial score (nSPS) is 24.7. The van der Waals surface area contributed by atoms with E-state index in [1.54, 1.807) is 6.26 Å². The quantitative estimate of drug-likeness (QED) is 0.873. The molecule has 0 atom stereocenters. The Morgan fingerprint density at radius 1 is 1.28 bits per heavy atom. The van der Waals surface area contributed by atoms with Gasteiger partial charge in [0.2, 0.25) is 0 Å². The highest BCUT2D eigenvalue weighted by atomic mass is 16.3. The molecule has 0 spiro atoms. The van der Waals surface area contributed by atoms with Gasteiger partial charge in [-0.2, -0.15) is 0 Å². The van der Waals surface area contributed by atoms with Gasteiger partial charge < -0.3 is 15.1 Å². The first-order chi connectivity index (χ1) is 8.69. The van der Waals surface area contributed by atoms with Crippen molar-refractivity contribution in [3.63, 3.8) is 0 Å². The molecule has 0 aliphatic heterocycles. The molecule has 102 valence electrons. The maximum atomic E-state index is 5.74. The molecule has 1 fully saturated rings. The van der Waals surface area contributed by atoms with Crippen molar-refractivity contribution in [2.45, 2.75) is 39.2 Å². The van der Waals surface area contributed by atoms with Gasteiger partial charge in [0.05, 0.1) is 6.26 Å². The monoisotopic (exact) mass is 250 g/mol. The van der Waals surface area contributed by atoms with Gasteiger partial charge in [-0.05, 0) is 64.1 Å². The summed E-state index contributed by atoms with van der Waals surface area (Å²) in [5, 5.41) is 0. The van der Waals surface area contributed by atoms with Crippen LogP contribution < -0.4 is 5.73 Å². The molecule has 1 aliphatic carbocycles. The molecule has 1 saturated carbocycles. The Morgan fingerprint density at radius 2 is 1.94 bits per heavy atom. The number of rotatable bonds is 5. The topological polar surface area (TPSA) is 42.4 Å². The van der Waals surface area contributed by atoms with E-state index in [2.05, 4.69) is 18.0 Å². The van der Waals surface area contributed by atoms with Gasteiger partial charge in [0.1, 0.15) is 5.76 Å². The predicted octanol–water partition coefficient (Wildman–Crippen LogP) is 2.78. The van der Waals surface area contributed by atoms with Crippen LogP contribution in [-0.2, 0) is 6.54 Å². The second kappa shape index (κ2) is 6.39. The molecule has 0 unspecified atom stereocenters. The molecule has 0 aromatic carbocycles. The third kappa shape index (κ3) is 3.59. The van der Waals surface area contributed by atoms with Crippen LogP contribution in [0.5, 0.6) is 0 Å². The van der Waals surface area contributed by atoms with E-state index in [0.717, 1.165) is 30.7 Å². The number of aryl methyl sites for hydroxylation is 1. The summed E-state index contributed by atoms with van der Waals surface area (Å²) in [6.45, 7) is 5.10. The van der Waals surface area contributed by atoms with Gasteiger partial charge in [-0.1, -0.05) is 0 Å². The van der Waals surface area contributed by atoms with Gasteiger partial charge in [0.15, 0.2) is 0 Å². The summed E-state index contributed by atoms with van der Waals surface area (Å²) in [5.74, 6) is 2.68. The van der Waals surface area contributed by atoms with E-state index in [4.69, 9.17) is 10.2 Å². The molecule has 2 rings (SSSR count). The number of nitrogens with zero attached hydrogens (tertiary/aromatic N) is 1. The van der Waals surface area contributed by atoms with Crippen molar-refractivity contribution in [1.82, 2.24) is 4.90 Å². The van der Waals surface area contributed by atoms with Crippen LogP contribution in [0.2, 0.25) is 0 Å². The third-order valence-electron chi connectivity index (χ3n) is 4.28. The standard InChI is InChI=1S/C15H26N2O/c1-12-15(7-8-18-12)11-17(2)10-14-5-3-13(9-16)4-6-14/h7-8,13-14H,3-6,9-11,16H2,1-2H3. The van der Waals surface area contributed by atoms with Crippen molar-refractivity contribution in [2.75, 3.05) is 20.1 Å². The fourth-order valence-corrected chi connectivity index (χ4v) is 3.02. The van der Waals surface area contributed by atoms with Crippen LogP contribution in [0.15, 0.2) is 16.7 Å². The van der Waals surface area contributed by atoms with Gasteiger partial charge >= 0.3 is 0 Å². The van der Waals surface area contributed by atoms with Crippen LogP contribution in [-0.4, -0.2) is 25.0 Å². The Hall–Kier alpha value is -0.800. The molecule has 1 aliphatic rings. The highest BCUT2D eigenvalue weighted by Gasteiger charge is 2.21. The minimum atomic E-state index is 0.780. The smallest absolute Gasteiger partial charge is 0.105 e. The molecular weight excluding hydrogens is 224 g/mol. The van der Waals surface area contributed by atoms with Crippen molar-refractivity contribution >= 4 is 0 Å². The second-order valence-electron chi connectivity index (χ2n) is 5.82. The molecular formula is C15H26N2O. The molecule has 3 nitrogen and oxygen atoms in total. The van der Waals surface area contributed by atoms with Gasteiger partial charge in [-0.15, -0.1) is 0 Å². The van der Waals surface area contributed by atoms with Crippen molar-refractivity contribution in [2.24, 2.45) is 17.6 Å². The summed E-state index contributed by atoms with van der Waals surface area (Å²) in [7, 11) is 2.21. The Labute approximate surface area is 110 Å². The van der Waals surface area contributed by atoms with Gasteiger partial charge in [0, 0.05) is 18.7 Å². The summed E-state index contributed by atoms with van der Waals surface area (Å²) in [6.07, 6.45) is 7.11. The molecule has 0 radical (unpaired) electrons. The average Bonchev–Trinajstić information content (AvgIpc) is 2.76. The number of furan rings is 1. The van der Waals surface area contributed by atoms with E-state index in [-0.39, 0.29) is 0 Å². The molecule has 3 heteroatoms. The molecule has 18 heavy (non-hydrogen) atoms. The molecule has 0 amide bonds. The third-order valence-corrected chi connectivity index (χ3v) is 4.28. The first kappa shape index (κ1) is 13.6. The maximum Gasteiger partial charge on any atom is 0.105 e. The summed E-state index contributed by atoms with van der Waals surface area (Å²) >= 11 is 0. The summed E-state index contributed by atoms with van der Waals surface area (Å²) in [6, 6.07) is 2.08. The van der Waals surface area contributed by atoms with Crippen molar-refractivity contribution < 1.29 is 4.42 Å². The fourth-order valence-electron chi connectivity index (χ4n) is 3.02. The lowest BCUT2D eigenvalue weighted by molar-refractivity contribution is 0.201. The van der Waals surface area contributed by atoms with Gasteiger partial charge in [-0.3, -0.25) is 0 Å². The zero-order chi connectivity index (χ0) is 13.0. The SMILES string of the molecule is Cc1occc1CN(C)CC1CCC(CN)CC1. The van der Waals surface area contributed by atoms with Crippen LogP contribution in [0.25, 0.3) is 0 Å². The van der Waals surface area contributed by atoms with Crippen LogP contribution >= 0.6 is 0 Å².